The maximum Gasteiger partial charge on any atom is 0.107 e. The number of piperidine rings is 1. The topological polar surface area (TPSA) is 32.3 Å². The maximum absolute atomic E-state index is 13.8. The molecule has 0 aromatic heterocycles. The number of aliphatic hydroxyl groups excluding tert-OH is 1. The minimum absolute atomic E-state index is 0.0542. The van der Waals surface area contributed by atoms with Crippen LogP contribution in [0.25, 0.3) is 0 Å². The summed E-state index contributed by atoms with van der Waals surface area (Å²) in [5.74, 6) is -0.00715. The summed E-state index contributed by atoms with van der Waals surface area (Å²) in [7, 11) is 0. The van der Waals surface area contributed by atoms with Crippen molar-refractivity contribution in [2.45, 2.75) is 50.9 Å². The molecule has 2 nitrogen and oxygen atoms in total. The summed E-state index contributed by atoms with van der Waals surface area (Å²) in [6.07, 6.45) is 1.25. The molecule has 0 aromatic rings. The molecule has 2 fully saturated rings. The predicted octanol–water partition coefficient (Wildman–Crippen LogP) is 1.48. The van der Waals surface area contributed by atoms with Gasteiger partial charge in [-0.1, -0.05) is 13.8 Å². The van der Waals surface area contributed by atoms with Crippen LogP contribution in [0.1, 0.15) is 33.1 Å². The minimum Gasteiger partial charge on any atom is -0.392 e. The van der Waals surface area contributed by atoms with Crippen LogP contribution in [0, 0.1) is 11.8 Å². The zero-order valence-corrected chi connectivity index (χ0v) is 8.96. The van der Waals surface area contributed by atoms with E-state index in [0.717, 1.165) is 19.4 Å². The van der Waals surface area contributed by atoms with Crippen LogP contribution in [0.15, 0.2) is 0 Å². The summed E-state index contributed by atoms with van der Waals surface area (Å²) in [5.41, 5.74) is -0.0542. The summed E-state index contributed by atoms with van der Waals surface area (Å²) in [5, 5.41) is 13.4. The third kappa shape index (κ3) is 1.47. The summed E-state index contributed by atoms with van der Waals surface area (Å²) in [6, 6.07) is 0. The molecule has 1 aliphatic heterocycles. The van der Waals surface area contributed by atoms with Crippen LogP contribution in [-0.2, 0) is 0 Å². The second kappa shape index (κ2) is 3.46. The zero-order chi connectivity index (χ0) is 10.3. The second-order valence-corrected chi connectivity index (χ2v) is 4.95. The third-order valence-electron chi connectivity index (χ3n) is 3.93. The number of aliphatic hydroxyl groups is 1. The van der Waals surface area contributed by atoms with Gasteiger partial charge in [-0.3, -0.25) is 0 Å². The molecule has 0 bridgehead atoms. The van der Waals surface area contributed by atoms with Crippen LogP contribution in [-0.4, -0.2) is 29.5 Å². The van der Waals surface area contributed by atoms with Crippen molar-refractivity contribution >= 4 is 0 Å². The van der Waals surface area contributed by atoms with Crippen LogP contribution >= 0.6 is 0 Å². The average molecular weight is 201 g/mol. The van der Waals surface area contributed by atoms with Crippen LogP contribution in [0.4, 0.5) is 4.39 Å². The van der Waals surface area contributed by atoms with Gasteiger partial charge in [0.2, 0.25) is 0 Å². The monoisotopic (exact) mass is 201 g/mol. The van der Waals surface area contributed by atoms with Gasteiger partial charge in [0.15, 0.2) is 0 Å². The molecule has 3 heteroatoms. The van der Waals surface area contributed by atoms with Gasteiger partial charge in [-0.15, -0.1) is 0 Å². The van der Waals surface area contributed by atoms with E-state index < -0.39 is 12.3 Å². The fourth-order valence-corrected chi connectivity index (χ4v) is 2.74. The Hall–Kier alpha value is -0.150. The lowest BCUT2D eigenvalue weighted by molar-refractivity contribution is -0.0352. The summed E-state index contributed by atoms with van der Waals surface area (Å²) in [4.78, 5) is 0. The summed E-state index contributed by atoms with van der Waals surface area (Å²) in [6.45, 7) is 4.67. The normalized spacial score (nSPS) is 42.4. The Morgan fingerprint density at radius 3 is 2.71 bits per heavy atom. The lowest BCUT2D eigenvalue weighted by atomic mass is 9.77. The lowest BCUT2D eigenvalue weighted by Gasteiger charge is -2.42. The number of hydrogen-bond acceptors (Lipinski definition) is 2. The average Bonchev–Trinajstić information content (AvgIpc) is 2.93. The van der Waals surface area contributed by atoms with E-state index >= 15 is 0 Å². The number of rotatable bonds is 2. The molecule has 0 amide bonds. The molecule has 1 unspecified atom stereocenters. The first-order valence-electron chi connectivity index (χ1n) is 5.68. The zero-order valence-electron chi connectivity index (χ0n) is 8.96. The highest BCUT2D eigenvalue weighted by molar-refractivity contribution is 5.13. The van der Waals surface area contributed by atoms with Crippen molar-refractivity contribution in [1.29, 1.82) is 0 Å². The Kier molecular flexibility index (Phi) is 2.56. The van der Waals surface area contributed by atoms with Gasteiger partial charge in [0.05, 0.1) is 6.10 Å². The third-order valence-corrected chi connectivity index (χ3v) is 3.93. The first kappa shape index (κ1) is 10.4. The Morgan fingerprint density at radius 2 is 2.21 bits per heavy atom. The fourth-order valence-electron chi connectivity index (χ4n) is 2.74. The smallest absolute Gasteiger partial charge is 0.107 e. The van der Waals surface area contributed by atoms with E-state index in [4.69, 9.17) is 0 Å². The number of halogens is 1. The van der Waals surface area contributed by atoms with Crippen molar-refractivity contribution in [1.82, 2.24) is 5.32 Å². The van der Waals surface area contributed by atoms with E-state index in [1.54, 1.807) is 0 Å². The molecule has 1 aliphatic carbocycles. The molecule has 2 aliphatic rings. The molecular formula is C11H20FNO. The van der Waals surface area contributed by atoms with Crippen LogP contribution in [0.5, 0.6) is 0 Å². The Balaban J connectivity index is 2.14. The van der Waals surface area contributed by atoms with E-state index in [1.807, 2.05) is 13.8 Å². The van der Waals surface area contributed by atoms with Crippen molar-refractivity contribution < 1.29 is 9.50 Å². The quantitative estimate of drug-likeness (QED) is 0.709. The van der Waals surface area contributed by atoms with E-state index in [-0.39, 0.29) is 17.4 Å². The molecule has 0 radical (unpaired) electrons. The van der Waals surface area contributed by atoms with Crippen LogP contribution in [0.3, 0.4) is 0 Å². The molecule has 1 saturated heterocycles. The van der Waals surface area contributed by atoms with Gasteiger partial charge in [0.1, 0.15) is 6.17 Å². The molecule has 14 heavy (non-hydrogen) atoms. The Labute approximate surface area is 84.9 Å². The molecule has 4 atom stereocenters. The van der Waals surface area contributed by atoms with Gasteiger partial charge in [0, 0.05) is 18.0 Å². The van der Waals surface area contributed by atoms with Crippen molar-refractivity contribution in [2.75, 3.05) is 6.54 Å². The summed E-state index contributed by atoms with van der Waals surface area (Å²) >= 11 is 0. The van der Waals surface area contributed by atoms with Gasteiger partial charge in [-0.25, -0.2) is 4.39 Å². The van der Waals surface area contributed by atoms with Gasteiger partial charge in [-0.05, 0) is 25.2 Å². The molecule has 1 saturated carbocycles. The second-order valence-electron chi connectivity index (χ2n) is 4.95. The molecule has 0 aromatic carbocycles. The molecule has 1 spiro atoms. The van der Waals surface area contributed by atoms with Gasteiger partial charge in [0.25, 0.3) is 0 Å². The highest BCUT2D eigenvalue weighted by Crippen LogP contribution is 2.49. The molecular weight excluding hydrogens is 181 g/mol. The number of alkyl halides is 1. The van der Waals surface area contributed by atoms with Crippen LogP contribution < -0.4 is 5.32 Å². The highest BCUT2D eigenvalue weighted by atomic mass is 19.1. The lowest BCUT2D eigenvalue weighted by Crippen LogP contribution is -2.57. The number of hydrogen-bond donors (Lipinski definition) is 2. The Bertz CT molecular complexity index is 217. The SMILES string of the molecule is CCC(F)[C@@H]1[C@@H](O)[C@H](C)CNC12CC2. The van der Waals surface area contributed by atoms with Crippen molar-refractivity contribution in [2.24, 2.45) is 11.8 Å². The van der Waals surface area contributed by atoms with E-state index in [2.05, 4.69) is 5.32 Å². The Morgan fingerprint density at radius 1 is 1.57 bits per heavy atom. The summed E-state index contributed by atoms with van der Waals surface area (Å²) < 4.78 is 13.8. The largest absolute Gasteiger partial charge is 0.392 e. The highest BCUT2D eigenvalue weighted by Gasteiger charge is 2.57. The van der Waals surface area contributed by atoms with Crippen molar-refractivity contribution in [3.05, 3.63) is 0 Å². The van der Waals surface area contributed by atoms with Crippen molar-refractivity contribution in [3.8, 4) is 0 Å². The molecule has 2 N–H and O–H groups in total. The van der Waals surface area contributed by atoms with E-state index in [9.17, 15) is 9.50 Å². The molecule has 82 valence electrons. The first-order chi connectivity index (χ1) is 6.60. The van der Waals surface area contributed by atoms with Crippen molar-refractivity contribution in [3.63, 3.8) is 0 Å². The minimum atomic E-state index is -0.859. The van der Waals surface area contributed by atoms with Gasteiger partial charge in [-0.2, -0.15) is 0 Å². The van der Waals surface area contributed by atoms with Gasteiger partial charge >= 0.3 is 0 Å². The van der Waals surface area contributed by atoms with E-state index in [0.29, 0.717) is 6.42 Å². The fraction of sp³-hybridized carbons (Fsp3) is 1.00. The first-order valence-corrected chi connectivity index (χ1v) is 5.68. The predicted molar refractivity (Wildman–Crippen MR) is 53.8 cm³/mol. The van der Waals surface area contributed by atoms with Crippen LogP contribution in [0.2, 0.25) is 0 Å². The molecule has 2 rings (SSSR count). The number of nitrogens with one attached hydrogen (secondary N) is 1. The van der Waals surface area contributed by atoms with Gasteiger partial charge < -0.3 is 10.4 Å². The standard InChI is InChI=1S/C11H20FNO/c1-3-8(12)9-10(14)7(2)6-13-11(9)4-5-11/h7-10,13-14H,3-6H2,1-2H3/t7-,8?,9-,10+/m1/s1. The van der Waals surface area contributed by atoms with E-state index in [1.165, 1.54) is 0 Å². The molecule has 1 heterocycles. The maximum atomic E-state index is 13.8.